The Balaban J connectivity index is 2.47. The van der Waals surface area contributed by atoms with Crippen LogP contribution in [0.2, 0.25) is 0 Å². The molecule has 0 spiro atoms. The van der Waals surface area contributed by atoms with Gasteiger partial charge in [0, 0.05) is 19.5 Å². The van der Waals surface area contributed by atoms with Crippen LogP contribution in [-0.4, -0.2) is 47.5 Å². The van der Waals surface area contributed by atoms with Crippen LogP contribution >= 0.6 is 0 Å². The first-order chi connectivity index (χ1) is 17.4. The Labute approximate surface area is 222 Å². The highest BCUT2D eigenvalue weighted by Gasteiger charge is 2.35. The van der Waals surface area contributed by atoms with Crippen LogP contribution in [0.3, 0.4) is 0 Å². The molecule has 0 aromatic heterocycles. The fourth-order valence-corrected chi connectivity index (χ4v) is 4.29. The van der Waals surface area contributed by atoms with E-state index in [-0.39, 0.29) is 18.2 Å². The van der Waals surface area contributed by atoms with E-state index in [2.05, 4.69) is 17.6 Å². The Bertz CT molecular complexity index is 1030. The Morgan fingerprint density at radius 1 is 0.973 bits per heavy atom. The molecule has 0 heterocycles. The van der Waals surface area contributed by atoms with E-state index in [0.29, 0.717) is 13.1 Å². The minimum Gasteiger partial charge on any atom is -0.444 e. The maximum Gasteiger partial charge on any atom is 0.408 e. The zero-order valence-corrected chi connectivity index (χ0v) is 23.4. The summed E-state index contributed by atoms with van der Waals surface area (Å²) in [5.74, 6) is -0.573. The van der Waals surface area contributed by atoms with Crippen molar-refractivity contribution >= 4 is 17.9 Å². The van der Waals surface area contributed by atoms with Crippen molar-refractivity contribution in [3.63, 3.8) is 0 Å². The van der Waals surface area contributed by atoms with Crippen molar-refractivity contribution in [2.45, 2.75) is 85.4 Å². The molecule has 7 heteroatoms. The Kier molecular flexibility index (Phi) is 11.2. The van der Waals surface area contributed by atoms with E-state index in [4.69, 9.17) is 4.74 Å². The Morgan fingerprint density at radius 3 is 2.14 bits per heavy atom. The molecule has 7 nitrogen and oxygen atoms in total. The number of benzene rings is 2. The van der Waals surface area contributed by atoms with Crippen LogP contribution in [0.5, 0.6) is 0 Å². The van der Waals surface area contributed by atoms with Crippen LogP contribution in [-0.2, 0) is 20.7 Å². The summed E-state index contributed by atoms with van der Waals surface area (Å²) in [6.45, 7) is 14.0. The van der Waals surface area contributed by atoms with E-state index in [1.807, 2.05) is 69.3 Å². The molecule has 202 valence electrons. The standard InChI is InChI=1S/C30H43N3O4/c1-8-10-16-31-27(34)26(24-18-21(3)17-22(4)19-24)33(9-2)28(35)25(20-23-14-12-11-13-15-23)32-29(36)37-30(5,6)7/h11-15,17-19,25-26H,8-10,16,20H2,1-7H3,(H,31,34)(H,32,36). The predicted octanol–water partition coefficient (Wildman–Crippen LogP) is 5.25. The lowest BCUT2D eigenvalue weighted by Gasteiger charge is -2.34. The van der Waals surface area contributed by atoms with Crippen molar-refractivity contribution in [3.05, 3.63) is 70.8 Å². The number of ether oxygens (including phenoxy) is 1. The highest BCUT2D eigenvalue weighted by atomic mass is 16.6. The molecule has 0 radical (unpaired) electrons. The van der Waals surface area contributed by atoms with Crippen LogP contribution in [0.25, 0.3) is 0 Å². The second-order valence-corrected chi connectivity index (χ2v) is 10.5. The average molecular weight is 510 g/mol. The van der Waals surface area contributed by atoms with Crippen LogP contribution in [0.1, 0.15) is 75.8 Å². The molecule has 0 aliphatic rings. The maximum atomic E-state index is 14.1. The second-order valence-electron chi connectivity index (χ2n) is 10.5. The summed E-state index contributed by atoms with van der Waals surface area (Å²) in [5, 5.41) is 5.78. The molecular weight excluding hydrogens is 466 g/mol. The van der Waals surface area contributed by atoms with Crippen LogP contribution in [0, 0.1) is 13.8 Å². The number of aryl methyl sites for hydroxylation is 2. The lowest BCUT2D eigenvalue weighted by Crippen LogP contribution is -2.53. The fraction of sp³-hybridized carbons (Fsp3) is 0.500. The van der Waals surface area contributed by atoms with Crippen molar-refractivity contribution in [1.82, 2.24) is 15.5 Å². The summed E-state index contributed by atoms with van der Waals surface area (Å²) < 4.78 is 5.46. The second kappa shape index (κ2) is 13.8. The molecule has 0 saturated heterocycles. The number of unbranched alkanes of at least 4 members (excludes halogenated alkanes) is 1. The van der Waals surface area contributed by atoms with E-state index in [1.54, 1.807) is 25.7 Å². The monoisotopic (exact) mass is 509 g/mol. The molecule has 2 aromatic rings. The van der Waals surface area contributed by atoms with Crippen molar-refractivity contribution in [2.75, 3.05) is 13.1 Å². The zero-order valence-electron chi connectivity index (χ0n) is 23.4. The molecule has 2 atom stereocenters. The van der Waals surface area contributed by atoms with Gasteiger partial charge in [-0.05, 0) is 59.1 Å². The topological polar surface area (TPSA) is 87.7 Å². The number of nitrogens with zero attached hydrogens (tertiary/aromatic N) is 1. The highest BCUT2D eigenvalue weighted by molar-refractivity contribution is 5.92. The third kappa shape index (κ3) is 9.56. The van der Waals surface area contributed by atoms with Crippen molar-refractivity contribution in [3.8, 4) is 0 Å². The van der Waals surface area contributed by atoms with Crippen LogP contribution in [0.15, 0.2) is 48.5 Å². The molecule has 0 fully saturated rings. The summed E-state index contributed by atoms with van der Waals surface area (Å²) in [6.07, 6.45) is 1.40. The van der Waals surface area contributed by atoms with Gasteiger partial charge >= 0.3 is 6.09 Å². The van der Waals surface area contributed by atoms with Gasteiger partial charge in [0.05, 0.1) is 0 Å². The first-order valence-electron chi connectivity index (χ1n) is 13.1. The molecule has 2 aromatic carbocycles. The molecule has 0 saturated carbocycles. The van der Waals surface area contributed by atoms with E-state index < -0.39 is 23.8 Å². The quantitative estimate of drug-likeness (QED) is 0.405. The minimum atomic E-state index is -0.908. The van der Waals surface area contributed by atoms with Crippen molar-refractivity contribution < 1.29 is 19.1 Å². The number of alkyl carbamates (subject to hydrolysis) is 1. The summed E-state index contributed by atoms with van der Waals surface area (Å²) >= 11 is 0. The third-order valence-electron chi connectivity index (χ3n) is 5.84. The number of nitrogens with one attached hydrogen (secondary N) is 2. The van der Waals surface area contributed by atoms with E-state index in [0.717, 1.165) is 35.1 Å². The molecule has 2 N–H and O–H groups in total. The lowest BCUT2D eigenvalue weighted by molar-refractivity contribution is -0.142. The number of carbonyl (C=O) groups is 3. The van der Waals surface area contributed by atoms with Gasteiger partial charge < -0.3 is 20.3 Å². The van der Waals surface area contributed by atoms with Crippen LogP contribution < -0.4 is 10.6 Å². The van der Waals surface area contributed by atoms with E-state index >= 15 is 0 Å². The molecular formula is C30H43N3O4. The van der Waals surface area contributed by atoms with Gasteiger partial charge in [-0.3, -0.25) is 9.59 Å². The van der Waals surface area contributed by atoms with Crippen molar-refractivity contribution in [2.24, 2.45) is 0 Å². The fourth-order valence-electron chi connectivity index (χ4n) is 4.29. The maximum absolute atomic E-state index is 14.1. The number of hydrogen-bond acceptors (Lipinski definition) is 4. The van der Waals surface area contributed by atoms with Gasteiger partial charge in [0.25, 0.3) is 0 Å². The lowest BCUT2D eigenvalue weighted by atomic mass is 9.97. The van der Waals surface area contributed by atoms with Gasteiger partial charge in [-0.1, -0.05) is 73.0 Å². The highest BCUT2D eigenvalue weighted by Crippen LogP contribution is 2.25. The third-order valence-corrected chi connectivity index (χ3v) is 5.84. The van der Waals surface area contributed by atoms with E-state index in [1.165, 1.54) is 0 Å². The van der Waals surface area contributed by atoms with Gasteiger partial charge in [-0.15, -0.1) is 0 Å². The molecule has 37 heavy (non-hydrogen) atoms. The first kappa shape index (κ1) is 29.9. The zero-order chi connectivity index (χ0) is 27.6. The Morgan fingerprint density at radius 2 is 1.59 bits per heavy atom. The molecule has 2 rings (SSSR count). The summed E-state index contributed by atoms with van der Waals surface area (Å²) in [5.41, 5.74) is 2.95. The normalized spacial score (nSPS) is 12.8. The minimum absolute atomic E-state index is 0.232. The van der Waals surface area contributed by atoms with Gasteiger partial charge in [0.1, 0.15) is 17.7 Å². The molecule has 2 unspecified atom stereocenters. The number of likely N-dealkylation sites (N-methyl/N-ethyl adjacent to an activating group) is 1. The van der Waals surface area contributed by atoms with Gasteiger partial charge in [0.15, 0.2) is 0 Å². The van der Waals surface area contributed by atoms with Gasteiger partial charge in [-0.2, -0.15) is 0 Å². The smallest absolute Gasteiger partial charge is 0.408 e. The SMILES string of the molecule is CCCCNC(=O)C(c1cc(C)cc(C)c1)N(CC)C(=O)C(Cc1ccccc1)NC(=O)OC(C)(C)C. The molecule has 0 aliphatic heterocycles. The number of amides is 3. The molecule has 0 aliphatic carbocycles. The summed E-state index contributed by atoms with van der Waals surface area (Å²) in [6, 6.07) is 13.7. The van der Waals surface area contributed by atoms with E-state index in [9.17, 15) is 14.4 Å². The predicted molar refractivity (Wildman–Crippen MR) is 147 cm³/mol. The largest absolute Gasteiger partial charge is 0.444 e. The van der Waals surface area contributed by atoms with Crippen molar-refractivity contribution in [1.29, 1.82) is 0 Å². The first-order valence-corrected chi connectivity index (χ1v) is 13.1. The van der Waals surface area contributed by atoms with Gasteiger partial charge in [0.2, 0.25) is 11.8 Å². The number of carbonyl (C=O) groups excluding carboxylic acids is 3. The Hall–Kier alpha value is -3.35. The molecule has 0 bridgehead atoms. The van der Waals surface area contributed by atoms with Crippen LogP contribution in [0.4, 0.5) is 4.79 Å². The van der Waals surface area contributed by atoms with Gasteiger partial charge in [-0.25, -0.2) is 4.79 Å². The average Bonchev–Trinajstić information content (AvgIpc) is 2.80. The summed E-state index contributed by atoms with van der Waals surface area (Å²) in [4.78, 5) is 41.9. The molecule has 3 amide bonds. The summed E-state index contributed by atoms with van der Waals surface area (Å²) in [7, 11) is 0. The number of hydrogen-bond donors (Lipinski definition) is 2. The number of rotatable bonds is 11.